The number of nitrogens with zero attached hydrogens (tertiary/aromatic N) is 1. The lowest BCUT2D eigenvalue weighted by molar-refractivity contribution is -0.385. The van der Waals surface area contributed by atoms with Crippen molar-refractivity contribution in [2.45, 2.75) is 40.2 Å². The standard InChI is InChI=1S/C18H21N3O4S2/c19-27(24,25)17-12-14(21(22)23)8-9-16(17)20-13-18(10-4-5-11-18)26-15-6-2-1-3-7-15/h1-3,6-9,12,20H,4-5,10-11,13H2,(H2,19,24,25). The molecule has 0 bridgehead atoms. The van der Waals surface area contributed by atoms with Gasteiger partial charge in [0.2, 0.25) is 10.0 Å². The number of hydrogen-bond acceptors (Lipinski definition) is 6. The monoisotopic (exact) mass is 407 g/mol. The highest BCUT2D eigenvalue weighted by Crippen LogP contribution is 2.45. The van der Waals surface area contributed by atoms with Crippen LogP contribution in [-0.4, -0.2) is 24.6 Å². The van der Waals surface area contributed by atoms with Gasteiger partial charge in [0.15, 0.2) is 0 Å². The van der Waals surface area contributed by atoms with Gasteiger partial charge >= 0.3 is 0 Å². The first-order chi connectivity index (χ1) is 12.8. The summed E-state index contributed by atoms with van der Waals surface area (Å²) >= 11 is 1.79. The summed E-state index contributed by atoms with van der Waals surface area (Å²) in [4.78, 5) is 11.2. The molecule has 0 saturated heterocycles. The van der Waals surface area contributed by atoms with Gasteiger partial charge in [-0.3, -0.25) is 10.1 Å². The van der Waals surface area contributed by atoms with Crippen molar-refractivity contribution in [1.29, 1.82) is 0 Å². The molecule has 7 nitrogen and oxygen atoms in total. The third kappa shape index (κ3) is 4.79. The van der Waals surface area contributed by atoms with Crippen LogP contribution in [0.1, 0.15) is 25.7 Å². The summed E-state index contributed by atoms with van der Waals surface area (Å²) in [6.07, 6.45) is 4.25. The average Bonchev–Trinajstić information content (AvgIpc) is 3.08. The topological polar surface area (TPSA) is 115 Å². The van der Waals surface area contributed by atoms with Crippen LogP contribution in [0.15, 0.2) is 58.3 Å². The Hall–Kier alpha value is -2.10. The van der Waals surface area contributed by atoms with Crippen molar-refractivity contribution >= 4 is 33.2 Å². The molecule has 2 aromatic carbocycles. The fourth-order valence-corrected chi connectivity index (χ4v) is 5.50. The van der Waals surface area contributed by atoms with Crippen LogP contribution in [0, 0.1) is 10.1 Å². The SMILES string of the molecule is NS(=O)(=O)c1cc([N+](=O)[O-])ccc1NCC1(Sc2ccccc2)CCCC1. The van der Waals surface area contributed by atoms with E-state index in [0.717, 1.165) is 36.6 Å². The van der Waals surface area contributed by atoms with Gasteiger partial charge in [-0.2, -0.15) is 0 Å². The van der Waals surface area contributed by atoms with Gasteiger partial charge in [0.05, 0.1) is 10.6 Å². The Labute approximate surface area is 162 Å². The van der Waals surface area contributed by atoms with E-state index in [-0.39, 0.29) is 15.3 Å². The van der Waals surface area contributed by atoms with Crippen LogP contribution in [0.5, 0.6) is 0 Å². The number of nitrogens with one attached hydrogen (secondary N) is 1. The van der Waals surface area contributed by atoms with Gasteiger partial charge in [-0.05, 0) is 31.0 Å². The molecule has 3 N–H and O–H groups in total. The molecule has 0 radical (unpaired) electrons. The molecule has 1 fully saturated rings. The smallest absolute Gasteiger partial charge is 0.270 e. The number of benzene rings is 2. The molecule has 0 heterocycles. The lowest BCUT2D eigenvalue weighted by atomic mass is 10.1. The van der Waals surface area contributed by atoms with E-state index in [2.05, 4.69) is 17.4 Å². The van der Waals surface area contributed by atoms with E-state index >= 15 is 0 Å². The minimum absolute atomic E-state index is 0.0568. The van der Waals surface area contributed by atoms with Gasteiger partial charge < -0.3 is 5.32 Å². The molecule has 1 aliphatic rings. The molecular weight excluding hydrogens is 386 g/mol. The third-order valence-corrected chi connectivity index (χ3v) is 7.12. The molecule has 0 atom stereocenters. The van der Waals surface area contributed by atoms with E-state index in [0.29, 0.717) is 12.2 Å². The highest BCUT2D eigenvalue weighted by Gasteiger charge is 2.35. The molecule has 0 aromatic heterocycles. The summed E-state index contributed by atoms with van der Waals surface area (Å²) in [5, 5.41) is 19.4. The zero-order valence-electron chi connectivity index (χ0n) is 14.6. The first-order valence-electron chi connectivity index (χ1n) is 8.58. The van der Waals surface area contributed by atoms with Crippen LogP contribution in [0.3, 0.4) is 0 Å². The zero-order valence-corrected chi connectivity index (χ0v) is 16.3. The Morgan fingerprint density at radius 3 is 2.41 bits per heavy atom. The molecule has 3 rings (SSSR count). The number of nitrogens with two attached hydrogens (primary N) is 1. The number of anilines is 1. The van der Waals surface area contributed by atoms with E-state index in [9.17, 15) is 18.5 Å². The summed E-state index contributed by atoms with van der Waals surface area (Å²) in [5.41, 5.74) is -0.0122. The zero-order chi connectivity index (χ0) is 19.5. The van der Waals surface area contributed by atoms with Gasteiger partial charge in [0.25, 0.3) is 5.69 Å². The van der Waals surface area contributed by atoms with Gasteiger partial charge in [0, 0.05) is 28.3 Å². The van der Waals surface area contributed by atoms with Crippen LogP contribution >= 0.6 is 11.8 Å². The maximum absolute atomic E-state index is 11.9. The number of nitro benzene ring substituents is 1. The molecule has 0 spiro atoms. The lowest BCUT2D eigenvalue weighted by Crippen LogP contribution is -2.31. The maximum atomic E-state index is 11.9. The fraction of sp³-hybridized carbons (Fsp3) is 0.333. The van der Waals surface area contributed by atoms with Gasteiger partial charge in [-0.15, -0.1) is 11.8 Å². The molecular formula is C18H21N3O4S2. The fourth-order valence-electron chi connectivity index (χ4n) is 3.34. The number of nitro groups is 1. The second-order valence-electron chi connectivity index (χ2n) is 6.64. The van der Waals surface area contributed by atoms with Crippen LogP contribution in [-0.2, 0) is 10.0 Å². The van der Waals surface area contributed by atoms with Crippen molar-refractivity contribution in [3.63, 3.8) is 0 Å². The van der Waals surface area contributed by atoms with Crippen molar-refractivity contribution in [3.8, 4) is 0 Å². The number of non-ortho nitro benzene ring substituents is 1. The highest BCUT2D eigenvalue weighted by atomic mass is 32.2. The molecule has 1 aliphatic carbocycles. The summed E-state index contributed by atoms with van der Waals surface area (Å²) < 4.78 is 23.8. The Kier molecular flexibility index (Phi) is 5.73. The molecule has 0 aliphatic heterocycles. The largest absolute Gasteiger partial charge is 0.383 e. The molecule has 144 valence electrons. The van der Waals surface area contributed by atoms with Crippen molar-refractivity contribution in [2.24, 2.45) is 5.14 Å². The van der Waals surface area contributed by atoms with E-state index in [1.807, 2.05) is 18.2 Å². The van der Waals surface area contributed by atoms with Crippen molar-refractivity contribution in [3.05, 3.63) is 58.6 Å². The predicted octanol–water partition coefficient (Wildman–Crippen LogP) is 3.76. The molecule has 0 unspecified atom stereocenters. The maximum Gasteiger partial charge on any atom is 0.270 e. The van der Waals surface area contributed by atoms with Crippen LogP contribution in [0.25, 0.3) is 0 Å². The number of hydrogen-bond donors (Lipinski definition) is 2. The number of rotatable bonds is 7. The number of thioether (sulfide) groups is 1. The van der Waals surface area contributed by atoms with Crippen LogP contribution in [0.2, 0.25) is 0 Å². The third-order valence-electron chi connectivity index (χ3n) is 4.68. The first-order valence-corrected chi connectivity index (χ1v) is 10.9. The Morgan fingerprint density at radius 1 is 1.15 bits per heavy atom. The Balaban J connectivity index is 1.84. The summed E-state index contributed by atoms with van der Waals surface area (Å²) in [6.45, 7) is 0.549. The quantitative estimate of drug-likeness (QED) is 0.533. The van der Waals surface area contributed by atoms with Gasteiger partial charge in [0.1, 0.15) is 4.90 Å². The van der Waals surface area contributed by atoms with E-state index in [1.54, 1.807) is 11.8 Å². The summed E-state index contributed by atoms with van der Waals surface area (Å²) in [6, 6.07) is 13.8. The Bertz CT molecular complexity index is 927. The van der Waals surface area contributed by atoms with Gasteiger partial charge in [-0.1, -0.05) is 31.0 Å². The second-order valence-corrected chi connectivity index (χ2v) is 9.71. The Morgan fingerprint density at radius 2 is 1.81 bits per heavy atom. The lowest BCUT2D eigenvalue weighted by Gasteiger charge is -2.29. The normalized spacial score (nSPS) is 16.2. The van der Waals surface area contributed by atoms with Crippen molar-refractivity contribution in [1.82, 2.24) is 0 Å². The second kappa shape index (κ2) is 7.87. The summed E-state index contributed by atoms with van der Waals surface area (Å²) in [7, 11) is -4.09. The average molecular weight is 408 g/mol. The predicted molar refractivity (Wildman–Crippen MR) is 106 cm³/mol. The number of sulfonamides is 1. The molecule has 2 aromatic rings. The summed E-state index contributed by atoms with van der Waals surface area (Å²) in [5.74, 6) is 0. The van der Waals surface area contributed by atoms with E-state index in [1.165, 1.54) is 12.1 Å². The first kappa shape index (κ1) is 19.7. The van der Waals surface area contributed by atoms with Gasteiger partial charge in [-0.25, -0.2) is 13.6 Å². The highest BCUT2D eigenvalue weighted by molar-refractivity contribution is 8.00. The minimum atomic E-state index is -4.09. The van der Waals surface area contributed by atoms with Crippen LogP contribution in [0.4, 0.5) is 11.4 Å². The van der Waals surface area contributed by atoms with Crippen molar-refractivity contribution < 1.29 is 13.3 Å². The van der Waals surface area contributed by atoms with Crippen LogP contribution < -0.4 is 10.5 Å². The van der Waals surface area contributed by atoms with E-state index < -0.39 is 14.9 Å². The van der Waals surface area contributed by atoms with Crippen molar-refractivity contribution in [2.75, 3.05) is 11.9 Å². The van der Waals surface area contributed by atoms with E-state index in [4.69, 9.17) is 5.14 Å². The molecule has 9 heteroatoms. The number of primary sulfonamides is 1. The molecule has 0 amide bonds. The molecule has 27 heavy (non-hydrogen) atoms. The minimum Gasteiger partial charge on any atom is -0.383 e. The molecule has 1 saturated carbocycles.